The maximum Gasteiger partial charge on any atom is 0.238 e. The Morgan fingerprint density at radius 2 is 1.62 bits per heavy atom. The van der Waals surface area contributed by atoms with Crippen molar-refractivity contribution in [1.82, 2.24) is 15.1 Å². The summed E-state index contributed by atoms with van der Waals surface area (Å²) in [7, 11) is 0. The third kappa shape index (κ3) is 5.70. The molecule has 1 atom stereocenters. The molecular weight excluding hydrogens is 432 g/mol. The van der Waals surface area contributed by atoms with Crippen molar-refractivity contribution in [3.63, 3.8) is 0 Å². The van der Waals surface area contributed by atoms with Gasteiger partial charge in [-0.1, -0.05) is 29.8 Å². The van der Waals surface area contributed by atoms with E-state index < -0.39 is 0 Å². The van der Waals surface area contributed by atoms with E-state index in [1.807, 2.05) is 37.3 Å². The lowest BCUT2D eigenvalue weighted by atomic mass is 10.1. The number of nitrogens with zero attached hydrogens (tertiary/aromatic N) is 2. The van der Waals surface area contributed by atoms with Crippen LogP contribution >= 0.6 is 11.6 Å². The summed E-state index contributed by atoms with van der Waals surface area (Å²) < 4.78 is 10.7. The predicted octanol–water partition coefficient (Wildman–Crippen LogP) is 2.50. The molecule has 32 heavy (non-hydrogen) atoms. The molecular formula is C23H27ClN4O4. The van der Waals surface area contributed by atoms with E-state index >= 15 is 0 Å². The molecule has 0 radical (unpaired) electrons. The number of halogens is 1. The minimum absolute atomic E-state index is 0.0277. The summed E-state index contributed by atoms with van der Waals surface area (Å²) >= 11 is 6.09. The highest BCUT2D eigenvalue weighted by Crippen LogP contribution is 2.34. The number of fused-ring (bicyclic) bond motifs is 1. The maximum absolute atomic E-state index is 12.5. The van der Waals surface area contributed by atoms with Gasteiger partial charge in [0.25, 0.3) is 0 Å². The zero-order valence-corrected chi connectivity index (χ0v) is 18.7. The molecule has 0 unspecified atom stereocenters. The summed E-state index contributed by atoms with van der Waals surface area (Å²) in [5, 5.41) is 6.41. The first kappa shape index (κ1) is 22.4. The minimum Gasteiger partial charge on any atom is -0.454 e. The Labute approximate surface area is 192 Å². The number of benzene rings is 2. The van der Waals surface area contributed by atoms with Gasteiger partial charge in [-0.3, -0.25) is 19.4 Å². The maximum atomic E-state index is 12.5. The van der Waals surface area contributed by atoms with Gasteiger partial charge in [0.05, 0.1) is 29.8 Å². The third-order valence-electron chi connectivity index (χ3n) is 5.62. The second-order valence-electron chi connectivity index (χ2n) is 7.98. The zero-order valence-electron chi connectivity index (χ0n) is 18.0. The number of hydrogen-bond acceptors (Lipinski definition) is 6. The van der Waals surface area contributed by atoms with E-state index in [0.717, 1.165) is 37.5 Å². The van der Waals surface area contributed by atoms with Crippen LogP contribution in [0, 0.1) is 0 Å². The van der Waals surface area contributed by atoms with Gasteiger partial charge in [-0.2, -0.15) is 0 Å². The van der Waals surface area contributed by atoms with Crippen molar-refractivity contribution >= 4 is 29.1 Å². The molecule has 2 heterocycles. The van der Waals surface area contributed by atoms with Crippen LogP contribution in [0.4, 0.5) is 5.69 Å². The fourth-order valence-corrected chi connectivity index (χ4v) is 4.00. The Morgan fingerprint density at radius 3 is 2.34 bits per heavy atom. The Hall–Kier alpha value is -2.81. The van der Waals surface area contributed by atoms with E-state index in [9.17, 15) is 9.59 Å². The SMILES string of the molecule is C[C@@H](NC(=O)CN1CCN(CC(=O)Nc2ccccc2Cl)CC1)c1ccc2c(c1)OCO2. The Bertz CT molecular complexity index is 978. The smallest absolute Gasteiger partial charge is 0.238 e. The molecule has 1 fully saturated rings. The highest BCUT2D eigenvalue weighted by Gasteiger charge is 2.22. The van der Waals surface area contributed by atoms with Gasteiger partial charge in [0, 0.05) is 26.2 Å². The average Bonchev–Trinajstić information content (AvgIpc) is 3.24. The van der Waals surface area contributed by atoms with E-state index in [0.29, 0.717) is 29.5 Å². The summed E-state index contributed by atoms with van der Waals surface area (Å²) in [6.45, 7) is 5.71. The molecule has 1 saturated heterocycles. The van der Waals surface area contributed by atoms with Crippen molar-refractivity contribution in [2.45, 2.75) is 13.0 Å². The number of carbonyl (C=O) groups is 2. The van der Waals surface area contributed by atoms with Crippen LogP contribution in [0.3, 0.4) is 0 Å². The molecule has 9 heteroatoms. The predicted molar refractivity (Wildman–Crippen MR) is 122 cm³/mol. The molecule has 2 aromatic rings. The highest BCUT2D eigenvalue weighted by molar-refractivity contribution is 6.33. The number of carbonyl (C=O) groups excluding carboxylic acids is 2. The molecule has 0 aromatic heterocycles. The van der Waals surface area contributed by atoms with Gasteiger partial charge >= 0.3 is 0 Å². The molecule has 4 rings (SSSR count). The molecule has 2 aliphatic rings. The van der Waals surface area contributed by atoms with Crippen LogP contribution in [0.1, 0.15) is 18.5 Å². The lowest BCUT2D eigenvalue weighted by Crippen LogP contribution is -2.51. The molecule has 170 valence electrons. The quantitative estimate of drug-likeness (QED) is 0.663. The Balaban J connectivity index is 1.19. The number of piperazine rings is 1. The van der Waals surface area contributed by atoms with Gasteiger partial charge in [0.1, 0.15) is 0 Å². The van der Waals surface area contributed by atoms with Crippen LogP contribution in [0.15, 0.2) is 42.5 Å². The number of hydrogen-bond donors (Lipinski definition) is 2. The van der Waals surface area contributed by atoms with E-state index in [1.54, 1.807) is 12.1 Å². The van der Waals surface area contributed by atoms with E-state index in [2.05, 4.69) is 20.4 Å². The van der Waals surface area contributed by atoms with Crippen LogP contribution in [0.2, 0.25) is 5.02 Å². The van der Waals surface area contributed by atoms with Crippen LogP contribution in [0.25, 0.3) is 0 Å². The molecule has 0 saturated carbocycles. The van der Waals surface area contributed by atoms with Crippen molar-refractivity contribution < 1.29 is 19.1 Å². The first-order valence-corrected chi connectivity index (χ1v) is 11.0. The monoisotopic (exact) mass is 458 g/mol. The van der Waals surface area contributed by atoms with Gasteiger partial charge in [-0.25, -0.2) is 0 Å². The summed E-state index contributed by atoms with van der Waals surface area (Å²) in [4.78, 5) is 29.0. The first-order valence-electron chi connectivity index (χ1n) is 10.7. The number of nitrogens with one attached hydrogen (secondary N) is 2. The summed E-state index contributed by atoms with van der Waals surface area (Å²) in [5.74, 6) is 1.31. The number of para-hydroxylation sites is 1. The van der Waals surface area contributed by atoms with Crippen LogP contribution in [-0.2, 0) is 9.59 Å². The normalized spacial score (nSPS) is 17.1. The van der Waals surface area contributed by atoms with E-state index in [1.165, 1.54) is 0 Å². The third-order valence-corrected chi connectivity index (χ3v) is 5.95. The van der Waals surface area contributed by atoms with E-state index in [-0.39, 0.29) is 24.6 Å². The standard InChI is InChI=1S/C23H27ClN4O4/c1-16(17-6-7-20-21(12-17)32-15-31-20)25-22(29)13-27-8-10-28(11-9-27)14-23(30)26-19-5-3-2-4-18(19)24/h2-7,12,16H,8-11,13-15H2,1H3,(H,25,29)(H,26,30)/t16-/m1/s1. The summed E-state index contributed by atoms with van der Waals surface area (Å²) in [6, 6.07) is 12.7. The molecule has 2 amide bonds. The molecule has 2 aromatic carbocycles. The molecule has 0 bridgehead atoms. The number of rotatable bonds is 7. The number of ether oxygens (including phenoxy) is 2. The van der Waals surface area contributed by atoms with Crippen LogP contribution < -0.4 is 20.1 Å². The number of anilines is 1. The van der Waals surface area contributed by atoms with Gasteiger partial charge in [-0.15, -0.1) is 0 Å². The topological polar surface area (TPSA) is 83.1 Å². The van der Waals surface area contributed by atoms with Gasteiger partial charge in [-0.05, 0) is 36.8 Å². The fourth-order valence-electron chi connectivity index (χ4n) is 3.82. The molecule has 2 N–H and O–H groups in total. The average molecular weight is 459 g/mol. The zero-order chi connectivity index (χ0) is 22.5. The first-order chi connectivity index (χ1) is 15.5. The lowest BCUT2D eigenvalue weighted by Gasteiger charge is -2.34. The van der Waals surface area contributed by atoms with Crippen LogP contribution in [0.5, 0.6) is 11.5 Å². The van der Waals surface area contributed by atoms with E-state index in [4.69, 9.17) is 21.1 Å². The van der Waals surface area contributed by atoms with Crippen LogP contribution in [-0.4, -0.2) is 67.7 Å². The Morgan fingerprint density at radius 1 is 0.969 bits per heavy atom. The van der Waals surface area contributed by atoms with Crippen molar-refractivity contribution in [2.75, 3.05) is 51.4 Å². The summed E-state index contributed by atoms with van der Waals surface area (Å²) in [6.07, 6.45) is 0. The number of amides is 2. The van der Waals surface area contributed by atoms with Gasteiger partial charge < -0.3 is 20.1 Å². The van der Waals surface area contributed by atoms with Crippen molar-refractivity contribution in [3.8, 4) is 11.5 Å². The lowest BCUT2D eigenvalue weighted by molar-refractivity contribution is -0.124. The minimum atomic E-state index is -0.133. The van der Waals surface area contributed by atoms with Crippen molar-refractivity contribution in [3.05, 3.63) is 53.1 Å². The van der Waals surface area contributed by atoms with Crippen molar-refractivity contribution in [1.29, 1.82) is 0 Å². The van der Waals surface area contributed by atoms with Gasteiger partial charge in [0.2, 0.25) is 18.6 Å². The molecule has 8 nitrogen and oxygen atoms in total. The highest BCUT2D eigenvalue weighted by atomic mass is 35.5. The molecule has 2 aliphatic heterocycles. The molecule has 0 aliphatic carbocycles. The fraction of sp³-hybridized carbons (Fsp3) is 0.391. The second-order valence-corrected chi connectivity index (χ2v) is 8.39. The Kier molecular flexibility index (Phi) is 7.14. The molecule has 0 spiro atoms. The van der Waals surface area contributed by atoms with Crippen molar-refractivity contribution in [2.24, 2.45) is 0 Å². The van der Waals surface area contributed by atoms with Gasteiger partial charge in [0.15, 0.2) is 11.5 Å². The largest absolute Gasteiger partial charge is 0.454 e. The second kappa shape index (κ2) is 10.2. The summed E-state index contributed by atoms with van der Waals surface area (Å²) in [5.41, 5.74) is 1.59.